The second kappa shape index (κ2) is 7.58. The molecule has 2 atom stereocenters. The third kappa shape index (κ3) is 8.03. The average Bonchev–Trinajstić information content (AvgIpc) is 2.24. The number of aliphatic hydroxyl groups excluding tert-OH is 1. The minimum absolute atomic E-state index is 0.317. The van der Waals surface area contributed by atoms with Crippen LogP contribution in [0.3, 0.4) is 0 Å². The van der Waals surface area contributed by atoms with E-state index in [2.05, 4.69) is 39.3 Å². The van der Waals surface area contributed by atoms with E-state index in [1.807, 2.05) is 0 Å². The maximum atomic E-state index is 11.8. The molecule has 0 aliphatic heterocycles. The fraction of sp³-hybridized carbons (Fsp3) is 0.923. The molecule has 0 aromatic carbocycles. The molecule has 0 aromatic heterocycles. The van der Waals surface area contributed by atoms with E-state index in [1.165, 1.54) is 4.90 Å². The molecule has 0 heterocycles. The normalized spacial score (nSPS) is 15.7. The monoisotopic (exact) mass is 320 g/mol. The summed E-state index contributed by atoms with van der Waals surface area (Å²) in [6.07, 6.45) is -0.360. The van der Waals surface area contributed by atoms with Gasteiger partial charge in [0.15, 0.2) is 0 Å². The lowest BCUT2D eigenvalue weighted by molar-refractivity contribution is 0.107. The summed E-state index contributed by atoms with van der Waals surface area (Å²) in [4.78, 5) is 13.3. The van der Waals surface area contributed by atoms with Crippen molar-refractivity contribution in [3.63, 3.8) is 0 Å². The third-order valence-corrected chi connectivity index (χ3v) is 7.07. The molecule has 0 spiro atoms. The van der Waals surface area contributed by atoms with Gasteiger partial charge in [0, 0.05) is 27.7 Å². The predicted molar refractivity (Wildman–Crippen MR) is 89.5 cm³/mol. The molecule has 1 amide bonds. The van der Waals surface area contributed by atoms with Crippen LogP contribution in [0.2, 0.25) is 45.3 Å². The van der Waals surface area contributed by atoms with Gasteiger partial charge in [-0.15, -0.1) is 0 Å². The van der Waals surface area contributed by atoms with E-state index in [9.17, 15) is 9.90 Å². The Kier molecular flexibility index (Phi) is 7.44. The fourth-order valence-corrected chi connectivity index (χ4v) is 3.79. The number of hydrogen-bond acceptors (Lipinski definition) is 4. The average molecular weight is 321 g/mol. The van der Waals surface area contributed by atoms with Gasteiger partial charge in [0.25, 0.3) is 0 Å². The summed E-state index contributed by atoms with van der Waals surface area (Å²) in [5.41, 5.74) is 5.45. The van der Waals surface area contributed by atoms with Crippen molar-refractivity contribution in [2.75, 3.05) is 20.2 Å². The Morgan fingerprint density at radius 1 is 1.25 bits per heavy atom. The van der Waals surface area contributed by atoms with Gasteiger partial charge >= 0.3 is 6.09 Å². The van der Waals surface area contributed by atoms with Crippen LogP contribution in [0.1, 0.15) is 0 Å². The van der Waals surface area contributed by atoms with Crippen LogP contribution in [0.15, 0.2) is 0 Å². The van der Waals surface area contributed by atoms with Gasteiger partial charge in [-0.25, -0.2) is 4.79 Å². The second-order valence-corrected chi connectivity index (χ2v) is 18.7. The maximum Gasteiger partial charge on any atom is 0.409 e. The van der Waals surface area contributed by atoms with E-state index in [0.717, 1.165) is 6.04 Å². The molecule has 20 heavy (non-hydrogen) atoms. The summed E-state index contributed by atoms with van der Waals surface area (Å²) >= 11 is 0. The van der Waals surface area contributed by atoms with Crippen LogP contribution in [-0.4, -0.2) is 64.2 Å². The molecule has 0 saturated heterocycles. The summed E-state index contributed by atoms with van der Waals surface area (Å²) < 4.78 is 5.24. The van der Waals surface area contributed by atoms with E-state index in [-0.39, 0.29) is 6.09 Å². The first-order chi connectivity index (χ1) is 8.84. The van der Waals surface area contributed by atoms with Crippen LogP contribution in [0.25, 0.3) is 0 Å². The Morgan fingerprint density at radius 3 is 2.15 bits per heavy atom. The van der Waals surface area contributed by atoms with Gasteiger partial charge in [-0.05, 0) is 6.04 Å². The highest BCUT2D eigenvalue weighted by Crippen LogP contribution is 2.12. The number of ether oxygens (including phenoxy) is 1. The molecule has 3 N–H and O–H groups in total. The Hall–Kier alpha value is -0.376. The number of rotatable bonds is 7. The molecule has 120 valence electrons. The molecule has 0 radical (unpaired) electrons. The molecule has 0 rings (SSSR count). The second-order valence-electron chi connectivity index (χ2n) is 7.78. The molecule has 0 bridgehead atoms. The van der Waals surface area contributed by atoms with Crippen molar-refractivity contribution in [2.45, 2.75) is 57.1 Å². The van der Waals surface area contributed by atoms with Crippen LogP contribution >= 0.6 is 0 Å². The van der Waals surface area contributed by atoms with Crippen molar-refractivity contribution < 1.29 is 14.6 Å². The Labute approximate surface area is 125 Å². The number of aliphatic hydroxyl groups is 1. The van der Waals surface area contributed by atoms with Crippen molar-refractivity contribution in [3.05, 3.63) is 0 Å². The summed E-state index contributed by atoms with van der Waals surface area (Å²) in [5, 5.41) is 10.1. The number of amides is 1. The van der Waals surface area contributed by atoms with Crippen LogP contribution in [-0.2, 0) is 4.74 Å². The predicted octanol–water partition coefficient (Wildman–Crippen LogP) is 1.96. The molecular weight excluding hydrogens is 288 g/mol. The van der Waals surface area contributed by atoms with Gasteiger partial charge < -0.3 is 20.5 Å². The Morgan fingerprint density at radius 2 is 1.75 bits per heavy atom. The zero-order valence-electron chi connectivity index (χ0n) is 14.1. The van der Waals surface area contributed by atoms with Gasteiger partial charge in [-0.3, -0.25) is 0 Å². The fourth-order valence-electron chi connectivity index (χ4n) is 1.69. The van der Waals surface area contributed by atoms with Crippen molar-refractivity contribution >= 4 is 22.2 Å². The molecule has 5 nitrogen and oxygen atoms in total. The zero-order valence-corrected chi connectivity index (χ0v) is 16.1. The minimum Gasteiger partial charge on any atom is -0.450 e. The first-order valence-corrected chi connectivity index (χ1v) is 14.4. The van der Waals surface area contributed by atoms with Gasteiger partial charge in [0.05, 0.1) is 20.4 Å². The molecule has 1 unspecified atom stereocenters. The maximum absolute atomic E-state index is 11.8. The van der Waals surface area contributed by atoms with Crippen LogP contribution in [0.5, 0.6) is 0 Å². The molecule has 0 aliphatic carbocycles. The van der Waals surface area contributed by atoms with Gasteiger partial charge in [-0.1, -0.05) is 39.3 Å². The Balaban J connectivity index is 4.20. The summed E-state index contributed by atoms with van der Waals surface area (Å²) in [5.74, 6) is 0. The van der Waals surface area contributed by atoms with E-state index in [1.54, 1.807) is 7.05 Å². The van der Waals surface area contributed by atoms with Gasteiger partial charge in [-0.2, -0.15) is 0 Å². The molecule has 0 aromatic rings. The quantitative estimate of drug-likeness (QED) is 0.703. The van der Waals surface area contributed by atoms with E-state index in [0.29, 0.717) is 13.2 Å². The smallest absolute Gasteiger partial charge is 0.409 e. The number of likely N-dealkylation sites (N-methyl/N-ethyl adjacent to an activating group) is 1. The molecular formula is C13H32N2O3Si2. The minimum atomic E-state index is -1.72. The third-order valence-electron chi connectivity index (χ3n) is 3.17. The topological polar surface area (TPSA) is 75.8 Å². The van der Waals surface area contributed by atoms with Gasteiger partial charge in [0.2, 0.25) is 0 Å². The SMILES string of the molecule is CN(C[C@@H](N)C(O)[Si](C)(C)C)C(=O)OCC[Si](C)(C)C. The number of hydrogen-bond donors (Lipinski definition) is 2. The van der Waals surface area contributed by atoms with E-state index >= 15 is 0 Å². The number of nitrogens with zero attached hydrogens (tertiary/aromatic N) is 1. The molecule has 7 heteroatoms. The lowest BCUT2D eigenvalue weighted by Crippen LogP contribution is -2.55. The summed E-state index contributed by atoms with van der Waals surface area (Å²) in [6, 6.07) is 0.534. The summed E-state index contributed by atoms with van der Waals surface area (Å²) in [7, 11) is -1.25. The lowest BCUT2D eigenvalue weighted by atomic mass is 10.3. The van der Waals surface area contributed by atoms with Crippen LogP contribution < -0.4 is 5.73 Å². The molecule has 0 saturated carbocycles. The standard InChI is InChI=1S/C13H32N2O3Si2/c1-15(10-11(14)12(16)20(5,6)7)13(17)18-8-9-19(2,3)4/h11-12,16H,8-10,14H2,1-7H3/t11-,12?/m1/s1. The number of carbonyl (C=O) groups is 1. The lowest BCUT2D eigenvalue weighted by Gasteiger charge is -2.31. The van der Waals surface area contributed by atoms with Crippen molar-refractivity contribution in [3.8, 4) is 0 Å². The largest absolute Gasteiger partial charge is 0.450 e. The first kappa shape index (κ1) is 19.6. The highest BCUT2D eigenvalue weighted by Gasteiger charge is 2.31. The van der Waals surface area contributed by atoms with Crippen molar-refractivity contribution in [1.29, 1.82) is 0 Å². The molecule has 0 fully saturated rings. The highest BCUT2D eigenvalue weighted by atomic mass is 28.3. The molecule has 0 aliphatic rings. The number of carbonyl (C=O) groups excluding carboxylic acids is 1. The Bertz CT molecular complexity index is 314. The summed E-state index contributed by atoms with van der Waals surface area (Å²) in [6.45, 7) is 13.7. The van der Waals surface area contributed by atoms with Gasteiger partial charge in [0.1, 0.15) is 0 Å². The van der Waals surface area contributed by atoms with Crippen LogP contribution in [0, 0.1) is 0 Å². The number of nitrogens with two attached hydrogens (primary N) is 1. The van der Waals surface area contributed by atoms with E-state index < -0.39 is 27.9 Å². The van der Waals surface area contributed by atoms with E-state index in [4.69, 9.17) is 10.5 Å². The zero-order chi connectivity index (χ0) is 16.1. The first-order valence-electron chi connectivity index (χ1n) is 7.16. The van der Waals surface area contributed by atoms with Crippen LogP contribution in [0.4, 0.5) is 4.79 Å². The van der Waals surface area contributed by atoms with Crippen molar-refractivity contribution in [2.24, 2.45) is 5.73 Å². The highest BCUT2D eigenvalue weighted by molar-refractivity contribution is 6.77. The van der Waals surface area contributed by atoms with Crippen molar-refractivity contribution in [1.82, 2.24) is 4.90 Å².